The van der Waals surface area contributed by atoms with Crippen LogP contribution in [0.4, 0.5) is 5.69 Å². The van der Waals surface area contributed by atoms with Crippen molar-refractivity contribution >= 4 is 28.6 Å². The minimum atomic E-state index is -0.449. The molecule has 0 aliphatic heterocycles. The van der Waals surface area contributed by atoms with E-state index < -0.39 is 6.04 Å². The first-order valence-electron chi connectivity index (χ1n) is 8.41. The first kappa shape index (κ1) is 17.5. The number of hydrazone groups is 1. The fourth-order valence-electron chi connectivity index (χ4n) is 2.73. The molecule has 0 bridgehead atoms. The maximum atomic E-state index is 12.2. The van der Waals surface area contributed by atoms with Gasteiger partial charge in [0, 0.05) is 11.3 Å². The lowest BCUT2D eigenvalue weighted by molar-refractivity contribution is -0.121. The van der Waals surface area contributed by atoms with Crippen LogP contribution in [0, 0.1) is 6.92 Å². The molecule has 1 atom stereocenters. The third-order valence-corrected chi connectivity index (χ3v) is 4.11. The number of hydrogen-bond acceptors (Lipinski definition) is 4. The van der Waals surface area contributed by atoms with E-state index in [1.807, 2.05) is 61.5 Å². The summed E-state index contributed by atoms with van der Waals surface area (Å²) in [5.74, 6) is -0.143. The standard InChI is InChI=1S/C21H21N3O2/c1-14-6-5-8-17(12-14)23-15(2)21(26)24-22-13-19-18-9-4-3-7-16(18)10-11-20(19)25/h3-13,15,23,25H,1-2H3,(H,24,26)/b22-13+. The number of benzene rings is 3. The SMILES string of the molecule is Cc1cccc(NC(C)C(=O)N/N=C/c2c(O)ccc3ccccc23)c1. The number of hydrogen-bond donors (Lipinski definition) is 3. The molecule has 3 N–H and O–H groups in total. The van der Waals surface area contributed by atoms with Gasteiger partial charge in [-0.2, -0.15) is 5.10 Å². The van der Waals surface area contributed by atoms with Crippen molar-refractivity contribution in [3.05, 3.63) is 71.8 Å². The summed E-state index contributed by atoms with van der Waals surface area (Å²) in [6.45, 7) is 3.76. The van der Waals surface area contributed by atoms with Gasteiger partial charge in [0.25, 0.3) is 5.91 Å². The lowest BCUT2D eigenvalue weighted by atomic mass is 10.0. The molecule has 0 aliphatic carbocycles. The van der Waals surface area contributed by atoms with Gasteiger partial charge in [-0.1, -0.05) is 42.5 Å². The zero-order valence-electron chi connectivity index (χ0n) is 14.7. The largest absolute Gasteiger partial charge is 0.507 e. The molecular weight excluding hydrogens is 326 g/mol. The Morgan fingerprint density at radius 1 is 1.12 bits per heavy atom. The number of rotatable bonds is 5. The molecule has 0 saturated carbocycles. The van der Waals surface area contributed by atoms with Gasteiger partial charge >= 0.3 is 0 Å². The molecule has 0 radical (unpaired) electrons. The fraction of sp³-hybridized carbons (Fsp3) is 0.143. The number of aryl methyl sites for hydroxylation is 1. The van der Waals surface area contributed by atoms with Gasteiger partial charge in [-0.15, -0.1) is 0 Å². The highest BCUT2D eigenvalue weighted by atomic mass is 16.3. The smallest absolute Gasteiger partial charge is 0.262 e. The number of aromatic hydroxyl groups is 1. The van der Waals surface area contributed by atoms with Crippen LogP contribution < -0.4 is 10.7 Å². The second kappa shape index (κ2) is 7.70. The normalized spacial score (nSPS) is 12.2. The Balaban J connectivity index is 1.68. The first-order valence-corrected chi connectivity index (χ1v) is 8.41. The van der Waals surface area contributed by atoms with E-state index in [-0.39, 0.29) is 11.7 Å². The summed E-state index contributed by atoms with van der Waals surface area (Å²) in [4.78, 5) is 12.2. The number of carbonyl (C=O) groups excluding carboxylic acids is 1. The second-order valence-electron chi connectivity index (χ2n) is 6.19. The van der Waals surface area contributed by atoms with Gasteiger partial charge in [0.15, 0.2) is 0 Å². The second-order valence-corrected chi connectivity index (χ2v) is 6.19. The molecular formula is C21H21N3O2. The molecule has 26 heavy (non-hydrogen) atoms. The van der Waals surface area contributed by atoms with Gasteiger partial charge in [-0.25, -0.2) is 5.43 Å². The number of anilines is 1. The summed E-state index contributed by atoms with van der Waals surface area (Å²) < 4.78 is 0. The molecule has 0 saturated heterocycles. The summed E-state index contributed by atoms with van der Waals surface area (Å²) in [6, 6.07) is 18.5. The molecule has 3 aromatic carbocycles. The van der Waals surface area contributed by atoms with E-state index in [2.05, 4.69) is 15.8 Å². The minimum absolute atomic E-state index is 0.118. The Morgan fingerprint density at radius 3 is 2.73 bits per heavy atom. The average Bonchev–Trinajstić information content (AvgIpc) is 2.63. The van der Waals surface area contributed by atoms with Crippen LogP contribution in [0.1, 0.15) is 18.1 Å². The van der Waals surface area contributed by atoms with Crippen LogP contribution in [-0.4, -0.2) is 23.3 Å². The average molecular weight is 347 g/mol. The minimum Gasteiger partial charge on any atom is -0.507 e. The number of phenols is 1. The van der Waals surface area contributed by atoms with E-state index in [4.69, 9.17) is 0 Å². The molecule has 1 unspecified atom stereocenters. The fourth-order valence-corrected chi connectivity index (χ4v) is 2.73. The zero-order valence-corrected chi connectivity index (χ0v) is 14.7. The maximum absolute atomic E-state index is 12.2. The van der Waals surface area contributed by atoms with Crippen molar-refractivity contribution in [3.63, 3.8) is 0 Å². The highest BCUT2D eigenvalue weighted by Gasteiger charge is 2.12. The topological polar surface area (TPSA) is 73.7 Å². The van der Waals surface area contributed by atoms with Gasteiger partial charge < -0.3 is 10.4 Å². The zero-order chi connectivity index (χ0) is 18.5. The molecule has 0 aliphatic rings. The van der Waals surface area contributed by atoms with Crippen molar-refractivity contribution in [2.24, 2.45) is 5.10 Å². The monoisotopic (exact) mass is 347 g/mol. The molecule has 0 spiro atoms. The molecule has 132 valence electrons. The first-order chi connectivity index (χ1) is 12.5. The van der Waals surface area contributed by atoms with Gasteiger partial charge in [0.1, 0.15) is 11.8 Å². The molecule has 3 aromatic rings. The van der Waals surface area contributed by atoms with Crippen LogP contribution in [0.2, 0.25) is 0 Å². The molecule has 3 rings (SSSR count). The number of amides is 1. The number of nitrogens with zero attached hydrogens (tertiary/aromatic N) is 1. The van der Waals surface area contributed by atoms with Crippen molar-refractivity contribution in [2.75, 3.05) is 5.32 Å². The summed E-state index contributed by atoms with van der Waals surface area (Å²) in [6.07, 6.45) is 1.47. The lowest BCUT2D eigenvalue weighted by Crippen LogP contribution is -2.34. The molecule has 5 nitrogen and oxygen atoms in total. The van der Waals surface area contributed by atoms with Gasteiger partial charge in [-0.3, -0.25) is 4.79 Å². The van der Waals surface area contributed by atoms with Gasteiger partial charge in [0.05, 0.1) is 6.21 Å². The third kappa shape index (κ3) is 4.00. The van der Waals surface area contributed by atoms with E-state index in [0.29, 0.717) is 5.56 Å². The number of fused-ring (bicyclic) bond motifs is 1. The highest BCUT2D eigenvalue weighted by Crippen LogP contribution is 2.25. The van der Waals surface area contributed by atoms with Crippen molar-refractivity contribution in [2.45, 2.75) is 19.9 Å². The van der Waals surface area contributed by atoms with Crippen LogP contribution >= 0.6 is 0 Å². The van der Waals surface area contributed by atoms with E-state index in [1.165, 1.54) is 6.21 Å². The summed E-state index contributed by atoms with van der Waals surface area (Å²) in [5.41, 5.74) is 5.08. The van der Waals surface area contributed by atoms with E-state index in [9.17, 15) is 9.90 Å². The van der Waals surface area contributed by atoms with E-state index >= 15 is 0 Å². The summed E-state index contributed by atoms with van der Waals surface area (Å²) in [5, 5.41) is 19.1. The van der Waals surface area contributed by atoms with Crippen molar-refractivity contribution in [1.82, 2.24) is 5.43 Å². The van der Waals surface area contributed by atoms with Crippen LogP contribution in [-0.2, 0) is 4.79 Å². The van der Waals surface area contributed by atoms with E-state index in [1.54, 1.807) is 13.0 Å². The Morgan fingerprint density at radius 2 is 1.92 bits per heavy atom. The lowest BCUT2D eigenvalue weighted by Gasteiger charge is -2.13. The van der Waals surface area contributed by atoms with Crippen molar-refractivity contribution in [1.29, 1.82) is 0 Å². The predicted molar refractivity (Wildman–Crippen MR) is 106 cm³/mol. The molecule has 1 amide bonds. The summed E-state index contributed by atoms with van der Waals surface area (Å²) in [7, 11) is 0. The van der Waals surface area contributed by atoms with Crippen LogP contribution in [0.5, 0.6) is 5.75 Å². The predicted octanol–water partition coefficient (Wildman–Crippen LogP) is 3.80. The van der Waals surface area contributed by atoms with Gasteiger partial charge in [-0.05, 0) is 48.4 Å². The van der Waals surface area contributed by atoms with Crippen LogP contribution in [0.15, 0.2) is 65.8 Å². The third-order valence-electron chi connectivity index (χ3n) is 4.11. The molecule has 0 fully saturated rings. The Bertz CT molecular complexity index is 966. The summed E-state index contributed by atoms with van der Waals surface area (Å²) >= 11 is 0. The van der Waals surface area contributed by atoms with Crippen LogP contribution in [0.3, 0.4) is 0 Å². The highest BCUT2D eigenvalue weighted by molar-refractivity contribution is 6.02. The number of phenolic OH excluding ortho intramolecular Hbond substituents is 1. The van der Waals surface area contributed by atoms with E-state index in [0.717, 1.165) is 22.0 Å². The van der Waals surface area contributed by atoms with Crippen molar-refractivity contribution < 1.29 is 9.90 Å². The number of nitrogens with one attached hydrogen (secondary N) is 2. The molecule has 0 aromatic heterocycles. The molecule has 0 heterocycles. The van der Waals surface area contributed by atoms with Crippen molar-refractivity contribution in [3.8, 4) is 5.75 Å². The number of carbonyl (C=O) groups is 1. The maximum Gasteiger partial charge on any atom is 0.262 e. The Hall–Kier alpha value is -3.34. The quantitative estimate of drug-likeness (QED) is 0.485. The van der Waals surface area contributed by atoms with Gasteiger partial charge in [0.2, 0.25) is 0 Å². The molecule has 5 heteroatoms. The Kier molecular flexibility index (Phi) is 5.17. The van der Waals surface area contributed by atoms with Crippen LogP contribution in [0.25, 0.3) is 10.8 Å². The Labute approximate surface area is 152 Å².